The summed E-state index contributed by atoms with van der Waals surface area (Å²) in [6, 6.07) is 3.59. The highest BCUT2D eigenvalue weighted by molar-refractivity contribution is 6.04. The van der Waals surface area contributed by atoms with Gasteiger partial charge in [0.25, 0.3) is 0 Å². The summed E-state index contributed by atoms with van der Waals surface area (Å²) in [5.74, 6) is 1.51. The van der Waals surface area contributed by atoms with E-state index < -0.39 is 0 Å². The minimum atomic E-state index is -0.182. The van der Waals surface area contributed by atoms with Gasteiger partial charge in [-0.3, -0.25) is 4.79 Å². The lowest BCUT2D eigenvalue weighted by molar-refractivity contribution is -0.605. The lowest BCUT2D eigenvalue weighted by Crippen LogP contribution is -2.55. The molecule has 4 rings (SSSR count). The Morgan fingerprint density at radius 1 is 1.27 bits per heavy atom. The highest BCUT2D eigenvalue weighted by atomic mass is 16.5. The quantitative estimate of drug-likeness (QED) is 0.625. The van der Waals surface area contributed by atoms with Gasteiger partial charge in [0.2, 0.25) is 5.91 Å². The first kappa shape index (κ1) is 16.8. The van der Waals surface area contributed by atoms with Gasteiger partial charge in [0.15, 0.2) is 24.0 Å². The first-order chi connectivity index (χ1) is 12.6. The monoisotopic (exact) mass is 353 g/mol. The van der Waals surface area contributed by atoms with Crippen molar-refractivity contribution in [3.8, 4) is 11.4 Å². The molecule has 1 saturated carbocycles. The normalized spacial score (nSPS) is 20.5. The molecule has 0 N–H and O–H groups in total. The van der Waals surface area contributed by atoms with Gasteiger partial charge < -0.3 is 15.0 Å². The summed E-state index contributed by atoms with van der Waals surface area (Å²) in [4.78, 5) is 26.1. The third-order valence-electron chi connectivity index (χ3n) is 5.47. The van der Waals surface area contributed by atoms with Crippen LogP contribution < -0.4 is 14.5 Å². The highest BCUT2D eigenvalue weighted by Gasteiger charge is 2.41. The third kappa shape index (κ3) is 2.67. The van der Waals surface area contributed by atoms with Crippen LogP contribution in [0.1, 0.15) is 39.0 Å². The number of likely N-dealkylation sites (N-methyl/N-ethyl adjacent to an activating group) is 1. The van der Waals surface area contributed by atoms with Crippen molar-refractivity contribution in [1.29, 1.82) is 0 Å². The highest BCUT2D eigenvalue weighted by Crippen LogP contribution is 2.40. The van der Waals surface area contributed by atoms with Crippen LogP contribution in [0.5, 0.6) is 0 Å². The van der Waals surface area contributed by atoms with Crippen LogP contribution in [0.2, 0.25) is 0 Å². The second-order valence-corrected chi connectivity index (χ2v) is 7.02. The molecule has 1 aliphatic carbocycles. The lowest BCUT2D eigenvalue weighted by Gasteiger charge is -2.43. The topological polar surface area (TPSA) is 76.3 Å². The van der Waals surface area contributed by atoms with Crippen molar-refractivity contribution < 1.29 is 9.52 Å². The second-order valence-electron chi connectivity index (χ2n) is 7.02. The first-order valence-electron chi connectivity index (χ1n) is 9.22. The molecule has 26 heavy (non-hydrogen) atoms. The molecule has 7 heteroatoms. The number of fused-ring (bicyclic) bond motifs is 1. The molecule has 1 amide bonds. The van der Waals surface area contributed by atoms with E-state index in [1.807, 2.05) is 0 Å². The number of nitrogens with zero attached hydrogens (tertiary/aromatic N) is 5. The van der Waals surface area contributed by atoms with E-state index in [1.165, 1.54) is 25.2 Å². The Morgan fingerprint density at radius 3 is 2.62 bits per heavy atom. The van der Waals surface area contributed by atoms with Gasteiger partial charge in [-0.05, 0) is 19.3 Å². The molecule has 2 aromatic rings. The molecule has 3 heterocycles. The summed E-state index contributed by atoms with van der Waals surface area (Å²) in [6.45, 7) is 2.05. The Balaban J connectivity index is 1.83. The fourth-order valence-electron chi connectivity index (χ4n) is 4.08. The van der Waals surface area contributed by atoms with Crippen LogP contribution in [-0.4, -0.2) is 35.0 Å². The number of hydrogen-bond acceptors (Lipinski definition) is 5. The van der Waals surface area contributed by atoms with Gasteiger partial charge >= 0.3 is 0 Å². The van der Waals surface area contributed by atoms with Crippen molar-refractivity contribution >= 4 is 17.4 Å². The van der Waals surface area contributed by atoms with Crippen molar-refractivity contribution in [3.63, 3.8) is 0 Å². The predicted molar refractivity (Wildman–Crippen MR) is 98.7 cm³/mol. The SMILES string of the molecule is CCC1C(=O)N(C)c2cnc(-c3cc[n+]([O-])cc3)nc2N1C1CCCC1. The van der Waals surface area contributed by atoms with Gasteiger partial charge in [-0.25, -0.2) is 9.97 Å². The van der Waals surface area contributed by atoms with Gasteiger partial charge in [-0.1, -0.05) is 19.8 Å². The molecule has 1 unspecified atom stereocenters. The number of amides is 1. The molecular formula is C19H23N5O2. The standard InChI is InChI=1S/C19H23N5O2/c1-3-15-19(25)22(2)16-12-20-17(13-8-10-23(26)11-9-13)21-18(16)24(15)14-6-4-5-7-14/h8-12,14-15H,3-7H2,1-2H3. The molecular weight excluding hydrogens is 330 g/mol. The zero-order valence-electron chi connectivity index (χ0n) is 15.1. The van der Waals surface area contributed by atoms with E-state index in [1.54, 1.807) is 30.3 Å². The molecule has 1 aliphatic heterocycles. The molecule has 7 nitrogen and oxygen atoms in total. The summed E-state index contributed by atoms with van der Waals surface area (Å²) in [5, 5.41) is 11.3. The summed E-state index contributed by atoms with van der Waals surface area (Å²) >= 11 is 0. The van der Waals surface area contributed by atoms with Crippen LogP contribution in [0.3, 0.4) is 0 Å². The molecule has 136 valence electrons. The Kier molecular flexibility index (Phi) is 4.22. The summed E-state index contributed by atoms with van der Waals surface area (Å²) in [6.07, 6.45) is 9.92. The second kappa shape index (κ2) is 6.55. The van der Waals surface area contributed by atoms with Crippen molar-refractivity contribution in [2.45, 2.75) is 51.1 Å². The Hall–Kier alpha value is -2.70. The van der Waals surface area contributed by atoms with Crippen molar-refractivity contribution in [2.75, 3.05) is 16.8 Å². The zero-order chi connectivity index (χ0) is 18.3. The van der Waals surface area contributed by atoms with Crippen LogP contribution in [0.4, 0.5) is 11.5 Å². The van der Waals surface area contributed by atoms with E-state index in [0.29, 0.717) is 11.9 Å². The smallest absolute Gasteiger partial charge is 0.249 e. The Bertz CT molecular complexity index is 817. The number of carbonyl (C=O) groups excluding carboxylic acids is 1. The number of hydrogen-bond donors (Lipinski definition) is 0. The van der Waals surface area contributed by atoms with Gasteiger partial charge in [-0.2, -0.15) is 4.73 Å². The Labute approximate surface area is 152 Å². The van der Waals surface area contributed by atoms with Crippen LogP contribution in [0, 0.1) is 5.21 Å². The molecule has 1 atom stereocenters. The van der Waals surface area contributed by atoms with E-state index in [2.05, 4.69) is 16.8 Å². The van der Waals surface area contributed by atoms with Gasteiger partial charge in [0.1, 0.15) is 11.7 Å². The van der Waals surface area contributed by atoms with E-state index in [4.69, 9.17) is 4.98 Å². The molecule has 0 spiro atoms. The predicted octanol–water partition coefficient (Wildman–Crippen LogP) is 2.28. The van der Waals surface area contributed by atoms with Gasteiger partial charge in [0, 0.05) is 30.8 Å². The summed E-state index contributed by atoms with van der Waals surface area (Å²) in [7, 11) is 1.79. The molecule has 2 aliphatic rings. The molecule has 0 radical (unpaired) electrons. The van der Waals surface area contributed by atoms with Crippen molar-refractivity contribution in [1.82, 2.24) is 9.97 Å². The number of carbonyl (C=O) groups is 1. The maximum absolute atomic E-state index is 12.9. The molecule has 0 saturated heterocycles. The van der Waals surface area contributed by atoms with Gasteiger partial charge in [0.05, 0.1) is 6.20 Å². The Morgan fingerprint density at radius 2 is 1.96 bits per heavy atom. The number of anilines is 2. The number of aromatic nitrogens is 3. The van der Waals surface area contributed by atoms with Crippen molar-refractivity contribution in [2.24, 2.45) is 0 Å². The third-order valence-corrected chi connectivity index (χ3v) is 5.47. The minimum Gasteiger partial charge on any atom is -0.619 e. The fraction of sp³-hybridized carbons (Fsp3) is 0.474. The maximum Gasteiger partial charge on any atom is 0.249 e. The maximum atomic E-state index is 12.9. The summed E-state index contributed by atoms with van der Waals surface area (Å²) in [5.41, 5.74) is 1.55. The number of rotatable bonds is 3. The van der Waals surface area contributed by atoms with E-state index >= 15 is 0 Å². The van der Waals surface area contributed by atoms with Crippen LogP contribution in [0.15, 0.2) is 30.7 Å². The average Bonchev–Trinajstić information content (AvgIpc) is 3.19. The minimum absolute atomic E-state index is 0.107. The van der Waals surface area contributed by atoms with Crippen LogP contribution in [-0.2, 0) is 4.79 Å². The van der Waals surface area contributed by atoms with Crippen LogP contribution in [0.25, 0.3) is 11.4 Å². The fourth-order valence-corrected chi connectivity index (χ4v) is 4.08. The summed E-state index contributed by atoms with van der Waals surface area (Å²) < 4.78 is 0.742. The number of pyridine rings is 1. The molecule has 0 bridgehead atoms. The molecule has 1 fully saturated rings. The zero-order valence-corrected chi connectivity index (χ0v) is 15.1. The lowest BCUT2D eigenvalue weighted by atomic mass is 10.0. The largest absolute Gasteiger partial charge is 0.619 e. The van der Waals surface area contributed by atoms with Crippen molar-refractivity contribution in [3.05, 3.63) is 35.9 Å². The van der Waals surface area contributed by atoms with E-state index in [-0.39, 0.29) is 11.9 Å². The molecule has 0 aromatic carbocycles. The average molecular weight is 353 g/mol. The van der Waals surface area contributed by atoms with E-state index in [9.17, 15) is 10.0 Å². The van der Waals surface area contributed by atoms with Crippen LogP contribution >= 0.6 is 0 Å². The first-order valence-corrected chi connectivity index (χ1v) is 9.22. The molecule has 2 aromatic heterocycles. The van der Waals surface area contributed by atoms with E-state index in [0.717, 1.165) is 41.1 Å². The van der Waals surface area contributed by atoms with Gasteiger partial charge in [-0.15, -0.1) is 0 Å².